The Hall–Kier alpha value is -3.00. The number of aryl methyl sites for hydroxylation is 1. The maximum atomic E-state index is 8.69. The van der Waals surface area contributed by atoms with Gasteiger partial charge in [0.25, 0.3) is 0 Å². The molecule has 0 bridgehead atoms. The van der Waals surface area contributed by atoms with Gasteiger partial charge in [-0.1, -0.05) is 0 Å². The first kappa shape index (κ1) is 13.0. The second-order valence-corrected chi connectivity index (χ2v) is 4.66. The molecule has 3 heterocycles. The third-order valence-corrected chi connectivity index (χ3v) is 3.23. The van der Waals surface area contributed by atoms with Crippen molar-refractivity contribution in [2.75, 3.05) is 5.73 Å². The van der Waals surface area contributed by atoms with Gasteiger partial charge in [-0.05, 0) is 36.8 Å². The first-order chi connectivity index (χ1) is 10.2. The van der Waals surface area contributed by atoms with E-state index in [1.807, 2.05) is 25.1 Å². The van der Waals surface area contributed by atoms with Gasteiger partial charge in [-0.25, -0.2) is 9.97 Å². The lowest BCUT2D eigenvalue weighted by Crippen LogP contribution is -1.97. The Kier molecular flexibility index (Phi) is 3.20. The van der Waals surface area contributed by atoms with Gasteiger partial charge in [-0.2, -0.15) is 5.26 Å². The first-order valence-corrected chi connectivity index (χ1v) is 6.40. The molecule has 101 valence electrons. The molecule has 0 saturated heterocycles. The molecule has 0 aliphatic heterocycles. The van der Waals surface area contributed by atoms with E-state index in [4.69, 9.17) is 11.0 Å². The Labute approximate surface area is 122 Å². The van der Waals surface area contributed by atoms with Crippen LogP contribution in [0.1, 0.15) is 11.3 Å². The molecule has 0 spiro atoms. The lowest BCUT2D eigenvalue weighted by atomic mass is 10.1. The lowest BCUT2D eigenvalue weighted by Gasteiger charge is -2.08. The molecule has 0 aliphatic rings. The monoisotopic (exact) mass is 274 g/mol. The van der Waals surface area contributed by atoms with Gasteiger partial charge >= 0.3 is 0 Å². The standard InChI is InChI=1S/C16H12N5/c1-10-5-7-19-9-12(10)15-8-13(18)16-14(21-15)3-2-11(20-16)4-6-17/h2-5,7-9H,1H3,(H2,18,21). The van der Waals surface area contributed by atoms with E-state index in [9.17, 15) is 0 Å². The Balaban J connectivity index is 2.19. The molecule has 1 radical (unpaired) electrons. The molecule has 0 aromatic carbocycles. The minimum absolute atomic E-state index is 0.534. The van der Waals surface area contributed by atoms with Crippen LogP contribution in [0.25, 0.3) is 22.3 Å². The van der Waals surface area contributed by atoms with Crippen LogP contribution in [0, 0.1) is 24.7 Å². The zero-order chi connectivity index (χ0) is 14.8. The number of anilines is 1. The average molecular weight is 274 g/mol. The van der Waals surface area contributed by atoms with Crippen molar-refractivity contribution >= 4 is 16.7 Å². The van der Waals surface area contributed by atoms with E-state index >= 15 is 0 Å². The number of nitrogen functional groups attached to an aromatic ring is 1. The van der Waals surface area contributed by atoms with Crippen LogP contribution in [0.4, 0.5) is 5.69 Å². The number of hydrogen-bond donors (Lipinski definition) is 1. The van der Waals surface area contributed by atoms with Crippen molar-refractivity contribution in [3.05, 3.63) is 54.3 Å². The second kappa shape index (κ2) is 5.17. The van der Waals surface area contributed by atoms with Gasteiger partial charge in [0.1, 0.15) is 11.9 Å². The highest BCUT2D eigenvalue weighted by molar-refractivity contribution is 5.89. The number of fused-ring (bicyclic) bond motifs is 1. The minimum Gasteiger partial charge on any atom is -0.397 e. The van der Waals surface area contributed by atoms with E-state index < -0.39 is 0 Å². The predicted octanol–water partition coefficient (Wildman–Crippen LogP) is 2.66. The quantitative estimate of drug-likeness (QED) is 0.776. The van der Waals surface area contributed by atoms with Crippen LogP contribution in [0.3, 0.4) is 0 Å². The second-order valence-electron chi connectivity index (χ2n) is 4.66. The summed E-state index contributed by atoms with van der Waals surface area (Å²) in [6.07, 6.45) is 4.89. The molecule has 3 rings (SSSR count). The van der Waals surface area contributed by atoms with E-state index in [-0.39, 0.29) is 0 Å². The maximum absolute atomic E-state index is 8.69. The largest absolute Gasteiger partial charge is 0.397 e. The summed E-state index contributed by atoms with van der Waals surface area (Å²) in [5, 5.41) is 8.69. The zero-order valence-corrected chi connectivity index (χ0v) is 11.4. The summed E-state index contributed by atoms with van der Waals surface area (Å²) in [5.74, 6) is 0. The summed E-state index contributed by atoms with van der Waals surface area (Å²) < 4.78 is 0. The zero-order valence-electron chi connectivity index (χ0n) is 11.4. The molecule has 5 nitrogen and oxygen atoms in total. The maximum Gasteiger partial charge on any atom is 0.112 e. The number of rotatable bonds is 2. The summed E-state index contributed by atoms with van der Waals surface area (Å²) in [4.78, 5) is 13.1. The third-order valence-electron chi connectivity index (χ3n) is 3.23. The van der Waals surface area contributed by atoms with Gasteiger partial charge in [0.15, 0.2) is 0 Å². The highest BCUT2D eigenvalue weighted by Crippen LogP contribution is 2.27. The van der Waals surface area contributed by atoms with E-state index in [2.05, 4.69) is 15.0 Å². The molecular formula is C16H12N5. The van der Waals surface area contributed by atoms with Crippen molar-refractivity contribution < 1.29 is 0 Å². The van der Waals surface area contributed by atoms with Gasteiger partial charge in [-0.15, -0.1) is 0 Å². The van der Waals surface area contributed by atoms with Gasteiger partial charge in [0, 0.05) is 18.0 Å². The summed E-state index contributed by atoms with van der Waals surface area (Å²) in [6, 6.07) is 9.24. The fourth-order valence-corrected chi connectivity index (χ4v) is 2.16. The molecule has 0 atom stereocenters. The Morgan fingerprint density at radius 1 is 1.24 bits per heavy atom. The van der Waals surface area contributed by atoms with Crippen molar-refractivity contribution in [2.45, 2.75) is 6.92 Å². The smallest absolute Gasteiger partial charge is 0.112 e. The number of nitriles is 1. The topological polar surface area (TPSA) is 88.5 Å². The number of nitrogens with two attached hydrogens (primary N) is 1. The van der Waals surface area contributed by atoms with Gasteiger partial charge in [0.2, 0.25) is 0 Å². The van der Waals surface area contributed by atoms with Crippen LogP contribution in [-0.2, 0) is 0 Å². The molecule has 0 saturated carbocycles. The van der Waals surface area contributed by atoms with Crippen LogP contribution >= 0.6 is 0 Å². The summed E-state index contributed by atoms with van der Waals surface area (Å²) in [7, 11) is 0. The van der Waals surface area contributed by atoms with Gasteiger partial charge in [0.05, 0.1) is 28.7 Å². The fraction of sp³-hybridized carbons (Fsp3) is 0.0625. The summed E-state index contributed by atoms with van der Waals surface area (Å²) in [6.45, 7) is 2.00. The van der Waals surface area contributed by atoms with Crippen LogP contribution in [0.2, 0.25) is 0 Å². The van der Waals surface area contributed by atoms with Crippen molar-refractivity contribution in [3.8, 4) is 17.3 Å². The molecule has 21 heavy (non-hydrogen) atoms. The van der Waals surface area contributed by atoms with Crippen LogP contribution < -0.4 is 5.73 Å². The Morgan fingerprint density at radius 3 is 2.86 bits per heavy atom. The molecular weight excluding hydrogens is 262 g/mol. The number of pyridine rings is 3. The normalized spacial score (nSPS) is 10.5. The number of nitrogens with zero attached hydrogens (tertiary/aromatic N) is 4. The molecule has 0 amide bonds. The third kappa shape index (κ3) is 2.39. The van der Waals surface area contributed by atoms with Crippen molar-refractivity contribution in [2.24, 2.45) is 0 Å². The van der Waals surface area contributed by atoms with Crippen LogP contribution in [-0.4, -0.2) is 15.0 Å². The molecule has 5 heteroatoms. The first-order valence-electron chi connectivity index (χ1n) is 6.40. The fourth-order valence-electron chi connectivity index (χ4n) is 2.16. The molecule has 3 aromatic rings. The Bertz CT molecular complexity index is 864. The van der Waals surface area contributed by atoms with Crippen molar-refractivity contribution in [1.82, 2.24) is 15.0 Å². The summed E-state index contributed by atoms with van der Waals surface area (Å²) >= 11 is 0. The molecule has 2 N–H and O–H groups in total. The van der Waals surface area contributed by atoms with Crippen molar-refractivity contribution in [1.29, 1.82) is 5.26 Å². The highest BCUT2D eigenvalue weighted by atomic mass is 14.8. The average Bonchev–Trinajstić information content (AvgIpc) is 2.48. The lowest BCUT2D eigenvalue weighted by molar-refractivity contribution is 1.24. The van der Waals surface area contributed by atoms with E-state index in [1.54, 1.807) is 24.5 Å². The number of aromatic nitrogens is 3. The molecule has 0 unspecified atom stereocenters. The van der Waals surface area contributed by atoms with Crippen LogP contribution in [0.5, 0.6) is 0 Å². The molecule has 0 fully saturated rings. The van der Waals surface area contributed by atoms with Gasteiger partial charge in [-0.3, -0.25) is 4.98 Å². The number of hydrogen-bond acceptors (Lipinski definition) is 5. The van der Waals surface area contributed by atoms with E-state index in [1.165, 1.54) is 6.42 Å². The van der Waals surface area contributed by atoms with Crippen molar-refractivity contribution in [3.63, 3.8) is 0 Å². The summed E-state index contributed by atoms with van der Waals surface area (Å²) in [5.41, 5.74) is 11.3. The van der Waals surface area contributed by atoms with E-state index in [0.717, 1.165) is 16.8 Å². The molecule has 3 aromatic heterocycles. The minimum atomic E-state index is 0.534. The van der Waals surface area contributed by atoms with Crippen LogP contribution in [0.15, 0.2) is 36.7 Å². The molecule has 0 aliphatic carbocycles. The predicted molar refractivity (Wildman–Crippen MR) is 80.9 cm³/mol. The Morgan fingerprint density at radius 2 is 2.10 bits per heavy atom. The van der Waals surface area contributed by atoms with E-state index in [0.29, 0.717) is 22.4 Å². The van der Waals surface area contributed by atoms with Gasteiger partial charge < -0.3 is 5.73 Å². The SMILES string of the molecule is Cc1ccncc1-c1cc(N)c2nc([CH]C#N)ccc2n1. The highest BCUT2D eigenvalue weighted by Gasteiger charge is 2.09.